The Hall–Kier alpha value is -1.30. The number of terminal acetylenes is 1. The van der Waals surface area contributed by atoms with Gasteiger partial charge in [-0.25, -0.2) is 0 Å². The highest BCUT2D eigenvalue weighted by atomic mass is 16.5. The second-order valence-corrected chi connectivity index (χ2v) is 3.91. The lowest BCUT2D eigenvalue weighted by atomic mass is 10.1. The number of rotatable bonds is 10. The van der Waals surface area contributed by atoms with E-state index in [1.807, 2.05) is 25.2 Å². The van der Waals surface area contributed by atoms with Gasteiger partial charge in [0.2, 0.25) is 0 Å². The lowest BCUT2D eigenvalue weighted by Gasteiger charge is -2.00. The zero-order chi connectivity index (χ0) is 13.5. The van der Waals surface area contributed by atoms with Crippen LogP contribution in [-0.4, -0.2) is 24.4 Å². The molecule has 0 saturated carbocycles. The SMILES string of the molecule is C#CCOC/C=C/CC/C=C/CCC(O)/C=C/C. The first-order valence-electron chi connectivity index (χ1n) is 6.43. The fourth-order valence-corrected chi connectivity index (χ4v) is 1.39. The third-order valence-electron chi connectivity index (χ3n) is 2.28. The van der Waals surface area contributed by atoms with Gasteiger partial charge in [-0.05, 0) is 32.6 Å². The van der Waals surface area contributed by atoms with Crippen LogP contribution in [0.5, 0.6) is 0 Å². The van der Waals surface area contributed by atoms with Crippen molar-refractivity contribution in [1.82, 2.24) is 0 Å². The van der Waals surface area contributed by atoms with Gasteiger partial charge in [-0.1, -0.05) is 42.4 Å². The summed E-state index contributed by atoms with van der Waals surface area (Å²) in [4.78, 5) is 0. The van der Waals surface area contributed by atoms with Gasteiger partial charge < -0.3 is 9.84 Å². The first-order valence-corrected chi connectivity index (χ1v) is 6.43. The van der Waals surface area contributed by atoms with E-state index in [1.165, 1.54) is 0 Å². The Morgan fingerprint density at radius 2 is 1.83 bits per heavy atom. The molecule has 0 rings (SSSR count). The number of ether oxygens (including phenoxy) is 1. The highest BCUT2D eigenvalue weighted by Gasteiger charge is 1.94. The highest BCUT2D eigenvalue weighted by Crippen LogP contribution is 2.01. The summed E-state index contributed by atoms with van der Waals surface area (Å²) in [5.74, 6) is 2.42. The molecular formula is C16H24O2. The molecule has 0 amide bonds. The average Bonchev–Trinajstić information content (AvgIpc) is 2.36. The van der Waals surface area contributed by atoms with Gasteiger partial charge >= 0.3 is 0 Å². The fraction of sp³-hybridized carbons (Fsp3) is 0.500. The molecule has 0 aliphatic rings. The highest BCUT2D eigenvalue weighted by molar-refractivity contribution is 4.91. The van der Waals surface area contributed by atoms with Crippen LogP contribution in [0.4, 0.5) is 0 Å². The number of hydrogen-bond donors (Lipinski definition) is 1. The molecule has 0 heterocycles. The van der Waals surface area contributed by atoms with E-state index in [0.29, 0.717) is 13.2 Å². The lowest BCUT2D eigenvalue weighted by Crippen LogP contribution is -1.99. The van der Waals surface area contributed by atoms with Crippen LogP contribution in [0.25, 0.3) is 0 Å². The summed E-state index contributed by atoms with van der Waals surface area (Å²) >= 11 is 0. The maximum absolute atomic E-state index is 9.43. The predicted octanol–water partition coefficient (Wildman–Crippen LogP) is 3.25. The molecule has 1 atom stereocenters. The summed E-state index contributed by atoms with van der Waals surface area (Å²) in [7, 11) is 0. The van der Waals surface area contributed by atoms with Gasteiger partial charge in [-0.3, -0.25) is 0 Å². The summed E-state index contributed by atoms with van der Waals surface area (Å²) in [6, 6.07) is 0. The van der Waals surface area contributed by atoms with Crippen LogP contribution in [-0.2, 0) is 4.74 Å². The largest absolute Gasteiger partial charge is 0.389 e. The van der Waals surface area contributed by atoms with Crippen molar-refractivity contribution in [3.8, 4) is 12.3 Å². The van der Waals surface area contributed by atoms with Gasteiger partial charge in [-0.15, -0.1) is 6.42 Å². The van der Waals surface area contributed by atoms with Crippen LogP contribution in [0.3, 0.4) is 0 Å². The maximum Gasteiger partial charge on any atom is 0.107 e. The number of hydrogen-bond acceptors (Lipinski definition) is 2. The molecule has 100 valence electrons. The van der Waals surface area contributed by atoms with E-state index < -0.39 is 0 Å². The molecule has 18 heavy (non-hydrogen) atoms. The molecule has 0 aromatic rings. The van der Waals surface area contributed by atoms with Gasteiger partial charge in [-0.2, -0.15) is 0 Å². The van der Waals surface area contributed by atoms with Crippen molar-refractivity contribution in [2.45, 2.75) is 38.7 Å². The van der Waals surface area contributed by atoms with Crippen LogP contribution < -0.4 is 0 Å². The molecule has 0 radical (unpaired) electrons. The fourth-order valence-electron chi connectivity index (χ4n) is 1.39. The van der Waals surface area contributed by atoms with E-state index >= 15 is 0 Å². The molecule has 0 aromatic heterocycles. The minimum atomic E-state index is -0.312. The van der Waals surface area contributed by atoms with Gasteiger partial charge in [0, 0.05) is 0 Å². The van der Waals surface area contributed by atoms with Crippen LogP contribution in [0.1, 0.15) is 32.6 Å². The number of unbranched alkanes of at least 4 members (excludes halogenated alkanes) is 1. The number of aliphatic hydroxyl groups is 1. The zero-order valence-corrected chi connectivity index (χ0v) is 11.2. The lowest BCUT2D eigenvalue weighted by molar-refractivity contribution is 0.199. The Bertz CT molecular complexity index is 295. The maximum atomic E-state index is 9.43. The van der Waals surface area contributed by atoms with Crippen molar-refractivity contribution >= 4 is 0 Å². The zero-order valence-electron chi connectivity index (χ0n) is 11.2. The van der Waals surface area contributed by atoms with Crippen molar-refractivity contribution in [3.63, 3.8) is 0 Å². The molecule has 0 bridgehead atoms. The summed E-state index contributed by atoms with van der Waals surface area (Å²) in [6.45, 7) is 2.88. The molecule has 0 saturated heterocycles. The summed E-state index contributed by atoms with van der Waals surface area (Å²) < 4.78 is 5.10. The van der Waals surface area contributed by atoms with Gasteiger partial charge in [0.15, 0.2) is 0 Å². The van der Waals surface area contributed by atoms with Crippen LogP contribution in [0.2, 0.25) is 0 Å². The summed E-state index contributed by atoms with van der Waals surface area (Å²) in [5, 5.41) is 9.43. The standard InChI is InChI=1S/C16H24O2/c1-3-12-16(17)13-10-8-6-5-7-9-11-15-18-14-4-2/h2-3,6,8-9,11-12,16-17H,5,7,10,13-15H2,1H3/b8-6+,11-9+,12-3+. The molecule has 1 N–H and O–H groups in total. The van der Waals surface area contributed by atoms with Crippen LogP contribution in [0.15, 0.2) is 36.5 Å². The van der Waals surface area contributed by atoms with Crippen LogP contribution >= 0.6 is 0 Å². The third-order valence-corrected chi connectivity index (χ3v) is 2.28. The third kappa shape index (κ3) is 12.8. The second kappa shape index (κ2) is 13.8. The first-order chi connectivity index (χ1) is 8.81. The molecule has 2 heteroatoms. The second-order valence-electron chi connectivity index (χ2n) is 3.91. The molecule has 0 fully saturated rings. The van der Waals surface area contributed by atoms with E-state index in [1.54, 1.807) is 0 Å². The molecule has 0 aromatic carbocycles. The molecule has 0 spiro atoms. The van der Waals surface area contributed by atoms with E-state index in [-0.39, 0.29) is 6.10 Å². The Balaban J connectivity index is 3.35. The van der Waals surface area contributed by atoms with Crippen molar-refractivity contribution in [2.24, 2.45) is 0 Å². The number of aliphatic hydroxyl groups excluding tert-OH is 1. The van der Waals surface area contributed by atoms with Gasteiger partial charge in [0.25, 0.3) is 0 Å². The monoisotopic (exact) mass is 248 g/mol. The Morgan fingerprint density at radius 1 is 1.17 bits per heavy atom. The van der Waals surface area contributed by atoms with Crippen molar-refractivity contribution < 1.29 is 9.84 Å². The quantitative estimate of drug-likeness (QED) is 0.365. The molecule has 0 aliphatic heterocycles. The molecule has 0 aliphatic carbocycles. The summed E-state index contributed by atoms with van der Waals surface area (Å²) in [5.41, 5.74) is 0. The molecule has 1 unspecified atom stereocenters. The molecular weight excluding hydrogens is 224 g/mol. The Labute approximate surface area is 111 Å². The van der Waals surface area contributed by atoms with E-state index in [0.717, 1.165) is 25.7 Å². The smallest absolute Gasteiger partial charge is 0.107 e. The minimum absolute atomic E-state index is 0.312. The average molecular weight is 248 g/mol. The number of allylic oxidation sites excluding steroid dienone is 4. The predicted molar refractivity (Wildman–Crippen MR) is 77.2 cm³/mol. The minimum Gasteiger partial charge on any atom is -0.389 e. The molecule has 2 nitrogen and oxygen atoms in total. The Morgan fingerprint density at radius 3 is 2.50 bits per heavy atom. The van der Waals surface area contributed by atoms with Crippen molar-refractivity contribution in [3.05, 3.63) is 36.5 Å². The van der Waals surface area contributed by atoms with E-state index in [4.69, 9.17) is 11.2 Å². The van der Waals surface area contributed by atoms with Gasteiger partial charge in [0.05, 0.1) is 12.7 Å². The normalized spacial score (nSPS) is 13.6. The Kier molecular flexibility index (Phi) is 12.8. The van der Waals surface area contributed by atoms with Gasteiger partial charge in [0.1, 0.15) is 6.61 Å². The first kappa shape index (κ1) is 16.7. The summed E-state index contributed by atoms with van der Waals surface area (Å²) in [6.07, 6.45) is 20.5. The van der Waals surface area contributed by atoms with Crippen LogP contribution in [0, 0.1) is 12.3 Å². The van der Waals surface area contributed by atoms with Crippen molar-refractivity contribution in [1.29, 1.82) is 0 Å². The van der Waals surface area contributed by atoms with E-state index in [2.05, 4.69) is 24.1 Å². The van der Waals surface area contributed by atoms with E-state index in [9.17, 15) is 5.11 Å². The van der Waals surface area contributed by atoms with Crippen molar-refractivity contribution in [2.75, 3.05) is 13.2 Å². The topological polar surface area (TPSA) is 29.5 Å².